The van der Waals surface area contributed by atoms with Gasteiger partial charge in [0.2, 0.25) is 0 Å². The molecule has 1 aromatic rings. The molecule has 0 aliphatic rings. The summed E-state index contributed by atoms with van der Waals surface area (Å²) < 4.78 is 0. The summed E-state index contributed by atoms with van der Waals surface area (Å²) in [7, 11) is 0. The van der Waals surface area contributed by atoms with E-state index in [2.05, 4.69) is 10.1 Å². The monoisotopic (exact) mass is 152 g/mol. The third kappa shape index (κ3) is 1.67. The molecule has 0 saturated heterocycles. The van der Waals surface area contributed by atoms with Gasteiger partial charge in [-0.05, 0) is 13.0 Å². The molecular formula is C7H8N2O2. The second kappa shape index (κ2) is 3.01. The Labute approximate surface area is 63.2 Å². The first-order chi connectivity index (χ1) is 5.24. The van der Waals surface area contributed by atoms with Gasteiger partial charge in [0.15, 0.2) is 0 Å². The summed E-state index contributed by atoms with van der Waals surface area (Å²) in [5.41, 5.74) is 1.15. The van der Waals surface area contributed by atoms with Crippen molar-refractivity contribution < 1.29 is 5.21 Å². The average Bonchev–Trinajstić information content (AvgIpc) is 1.98. The molecule has 0 amide bonds. The van der Waals surface area contributed by atoms with E-state index in [1.807, 2.05) is 0 Å². The van der Waals surface area contributed by atoms with Gasteiger partial charge in [-0.25, -0.2) is 0 Å². The van der Waals surface area contributed by atoms with Crippen LogP contribution in [0.3, 0.4) is 0 Å². The van der Waals surface area contributed by atoms with Crippen LogP contribution in [0.1, 0.15) is 11.1 Å². The highest BCUT2D eigenvalue weighted by molar-refractivity contribution is 5.78. The van der Waals surface area contributed by atoms with Gasteiger partial charge in [0.05, 0.1) is 6.21 Å². The summed E-state index contributed by atoms with van der Waals surface area (Å²) >= 11 is 0. The molecule has 0 aliphatic heterocycles. The molecule has 1 aromatic heterocycles. The number of aryl methyl sites for hydroxylation is 1. The standard InChI is InChI=1S/C7H8N2O2/c1-5-2-6(4-9-11)3-8-7(5)10/h2-4,11H,1H3,(H,8,10)/b9-4+. The van der Waals surface area contributed by atoms with Gasteiger partial charge in [0.25, 0.3) is 5.56 Å². The van der Waals surface area contributed by atoms with Crippen molar-refractivity contribution in [3.63, 3.8) is 0 Å². The highest BCUT2D eigenvalue weighted by Gasteiger charge is 1.92. The minimum Gasteiger partial charge on any atom is -0.411 e. The molecule has 2 N–H and O–H groups in total. The maximum absolute atomic E-state index is 10.8. The number of aromatic nitrogens is 1. The summed E-state index contributed by atoms with van der Waals surface area (Å²) in [5.74, 6) is 0. The van der Waals surface area contributed by atoms with Crippen LogP contribution in [-0.4, -0.2) is 16.4 Å². The summed E-state index contributed by atoms with van der Waals surface area (Å²) in [6.07, 6.45) is 2.73. The quantitative estimate of drug-likeness (QED) is 0.349. The minimum absolute atomic E-state index is 0.125. The van der Waals surface area contributed by atoms with E-state index in [1.165, 1.54) is 12.4 Å². The summed E-state index contributed by atoms with van der Waals surface area (Å²) in [6, 6.07) is 1.64. The van der Waals surface area contributed by atoms with Crippen molar-refractivity contribution in [1.82, 2.24) is 4.98 Å². The van der Waals surface area contributed by atoms with Crippen LogP contribution in [0, 0.1) is 6.92 Å². The third-order valence-electron chi connectivity index (χ3n) is 1.32. The van der Waals surface area contributed by atoms with Crippen LogP contribution in [0.4, 0.5) is 0 Å². The van der Waals surface area contributed by atoms with Gasteiger partial charge in [-0.2, -0.15) is 0 Å². The van der Waals surface area contributed by atoms with E-state index < -0.39 is 0 Å². The number of hydrogen-bond acceptors (Lipinski definition) is 3. The molecule has 0 unspecified atom stereocenters. The predicted octanol–water partition coefficient (Wildman–Crippen LogP) is 0.491. The Balaban J connectivity index is 3.15. The Morgan fingerprint density at radius 1 is 1.73 bits per heavy atom. The van der Waals surface area contributed by atoms with Crippen molar-refractivity contribution in [1.29, 1.82) is 0 Å². The van der Waals surface area contributed by atoms with Gasteiger partial charge in [0.1, 0.15) is 0 Å². The zero-order chi connectivity index (χ0) is 8.27. The number of aromatic amines is 1. The van der Waals surface area contributed by atoms with Gasteiger partial charge in [0, 0.05) is 17.3 Å². The molecule has 0 saturated carbocycles. The van der Waals surface area contributed by atoms with Crippen LogP contribution >= 0.6 is 0 Å². The third-order valence-corrected chi connectivity index (χ3v) is 1.32. The fourth-order valence-electron chi connectivity index (χ4n) is 0.761. The normalized spacial score (nSPS) is 10.6. The van der Waals surface area contributed by atoms with Crippen LogP contribution < -0.4 is 5.56 Å². The summed E-state index contributed by atoms with van der Waals surface area (Å²) in [4.78, 5) is 13.3. The molecule has 0 spiro atoms. The Morgan fingerprint density at radius 2 is 2.45 bits per heavy atom. The number of hydrogen-bond donors (Lipinski definition) is 2. The zero-order valence-electron chi connectivity index (χ0n) is 6.03. The number of H-pyrrole nitrogens is 1. The van der Waals surface area contributed by atoms with Crippen LogP contribution in [0.5, 0.6) is 0 Å². The molecule has 0 atom stereocenters. The maximum Gasteiger partial charge on any atom is 0.250 e. The van der Waals surface area contributed by atoms with Gasteiger partial charge >= 0.3 is 0 Å². The fourth-order valence-corrected chi connectivity index (χ4v) is 0.761. The lowest BCUT2D eigenvalue weighted by atomic mass is 10.2. The first kappa shape index (κ1) is 7.53. The van der Waals surface area contributed by atoms with E-state index in [1.54, 1.807) is 13.0 Å². The van der Waals surface area contributed by atoms with E-state index in [9.17, 15) is 4.79 Å². The highest BCUT2D eigenvalue weighted by atomic mass is 16.4. The van der Waals surface area contributed by atoms with Crippen molar-refractivity contribution in [2.75, 3.05) is 0 Å². The highest BCUT2D eigenvalue weighted by Crippen LogP contribution is 1.92. The van der Waals surface area contributed by atoms with Crippen molar-refractivity contribution in [3.8, 4) is 0 Å². The van der Waals surface area contributed by atoms with E-state index in [-0.39, 0.29) is 5.56 Å². The number of rotatable bonds is 1. The minimum atomic E-state index is -0.125. The SMILES string of the molecule is Cc1cc(/C=N/O)c[nH]c1=O. The lowest BCUT2D eigenvalue weighted by molar-refractivity contribution is 0.322. The smallest absolute Gasteiger partial charge is 0.250 e. The summed E-state index contributed by atoms with van der Waals surface area (Å²) in [6.45, 7) is 1.69. The van der Waals surface area contributed by atoms with E-state index in [0.717, 1.165) is 0 Å². The van der Waals surface area contributed by atoms with E-state index in [4.69, 9.17) is 5.21 Å². The van der Waals surface area contributed by atoms with Crippen molar-refractivity contribution >= 4 is 6.21 Å². The fraction of sp³-hybridized carbons (Fsp3) is 0.143. The number of pyridine rings is 1. The van der Waals surface area contributed by atoms with Crippen molar-refractivity contribution in [2.45, 2.75) is 6.92 Å². The Bertz CT molecular complexity index is 327. The topological polar surface area (TPSA) is 65.5 Å². The van der Waals surface area contributed by atoms with Gasteiger partial charge in [-0.3, -0.25) is 4.79 Å². The molecule has 0 bridgehead atoms. The number of oxime groups is 1. The van der Waals surface area contributed by atoms with Crippen LogP contribution in [0.15, 0.2) is 22.2 Å². The predicted molar refractivity (Wildman–Crippen MR) is 41.2 cm³/mol. The first-order valence-electron chi connectivity index (χ1n) is 3.11. The van der Waals surface area contributed by atoms with Crippen molar-refractivity contribution in [3.05, 3.63) is 33.7 Å². The molecule has 1 rings (SSSR count). The van der Waals surface area contributed by atoms with Crippen LogP contribution in [0.2, 0.25) is 0 Å². The zero-order valence-corrected chi connectivity index (χ0v) is 6.03. The number of nitrogens with zero attached hydrogens (tertiary/aromatic N) is 1. The maximum atomic E-state index is 10.8. The second-order valence-electron chi connectivity index (χ2n) is 2.19. The molecule has 0 aromatic carbocycles. The Kier molecular flexibility index (Phi) is 2.06. The van der Waals surface area contributed by atoms with E-state index >= 15 is 0 Å². The van der Waals surface area contributed by atoms with Gasteiger partial charge in [-0.1, -0.05) is 5.16 Å². The molecule has 0 fully saturated rings. The summed E-state index contributed by atoms with van der Waals surface area (Å²) in [5, 5.41) is 11.0. The molecule has 0 aliphatic carbocycles. The molecule has 11 heavy (non-hydrogen) atoms. The average molecular weight is 152 g/mol. The molecule has 1 heterocycles. The van der Waals surface area contributed by atoms with Crippen LogP contribution in [-0.2, 0) is 0 Å². The molecular weight excluding hydrogens is 144 g/mol. The van der Waals surface area contributed by atoms with Crippen LogP contribution in [0.25, 0.3) is 0 Å². The van der Waals surface area contributed by atoms with Gasteiger partial charge < -0.3 is 10.2 Å². The largest absolute Gasteiger partial charge is 0.411 e. The molecule has 4 heteroatoms. The van der Waals surface area contributed by atoms with Crippen molar-refractivity contribution in [2.24, 2.45) is 5.16 Å². The Hall–Kier alpha value is -1.58. The number of nitrogens with one attached hydrogen (secondary N) is 1. The Morgan fingerprint density at radius 3 is 3.00 bits per heavy atom. The lowest BCUT2D eigenvalue weighted by Crippen LogP contribution is -2.08. The first-order valence-corrected chi connectivity index (χ1v) is 3.11. The second-order valence-corrected chi connectivity index (χ2v) is 2.19. The molecule has 4 nitrogen and oxygen atoms in total. The molecule has 58 valence electrons. The lowest BCUT2D eigenvalue weighted by Gasteiger charge is -1.92. The van der Waals surface area contributed by atoms with Gasteiger partial charge in [-0.15, -0.1) is 0 Å². The molecule has 0 radical (unpaired) electrons. The van der Waals surface area contributed by atoms with E-state index in [0.29, 0.717) is 11.1 Å².